The molecule has 0 unspecified atom stereocenters. The number of nitrogens with one attached hydrogen (secondary N) is 1. The zero-order valence-corrected chi connectivity index (χ0v) is 11.6. The molecule has 0 radical (unpaired) electrons. The molecule has 1 heterocycles. The summed E-state index contributed by atoms with van der Waals surface area (Å²) in [4.78, 5) is 25.3. The lowest BCUT2D eigenvalue weighted by Crippen LogP contribution is -2.38. The van der Waals surface area contributed by atoms with E-state index >= 15 is 0 Å². The Kier molecular flexibility index (Phi) is 4.74. The molecule has 1 saturated heterocycles. The largest absolute Gasteiger partial charge is 0.391 e. The maximum absolute atomic E-state index is 12.0. The van der Waals surface area contributed by atoms with Gasteiger partial charge < -0.3 is 15.3 Å². The number of para-hydroxylation sites is 1. The first-order chi connectivity index (χ1) is 9.61. The molecule has 1 aromatic rings. The lowest BCUT2D eigenvalue weighted by Gasteiger charge is -2.16. The third-order valence-electron chi connectivity index (χ3n) is 3.43. The lowest BCUT2D eigenvalue weighted by molar-refractivity contribution is -0.142. The Hall–Kier alpha value is -1.88. The molecule has 0 aliphatic carbocycles. The van der Waals surface area contributed by atoms with Crippen LogP contribution >= 0.6 is 0 Å². The molecule has 20 heavy (non-hydrogen) atoms. The van der Waals surface area contributed by atoms with Gasteiger partial charge in [-0.15, -0.1) is 0 Å². The van der Waals surface area contributed by atoms with Gasteiger partial charge in [0.1, 0.15) is 0 Å². The summed E-state index contributed by atoms with van der Waals surface area (Å²) in [6.07, 6.45) is 1.84. The number of nitrogens with zero attached hydrogens (tertiary/aromatic N) is 1. The second kappa shape index (κ2) is 6.52. The first-order valence-electron chi connectivity index (χ1n) is 6.98. The summed E-state index contributed by atoms with van der Waals surface area (Å²) >= 11 is 0. The molecular weight excluding hydrogens is 256 g/mol. The summed E-state index contributed by atoms with van der Waals surface area (Å²) < 4.78 is 0. The Morgan fingerprint density at radius 1 is 1.40 bits per heavy atom. The van der Waals surface area contributed by atoms with Gasteiger partial charge in [0.25, 0.3) is 0 Å². The average molecular weight is 276 g/mol. The number of aryl methyl sites for hydroxylation is 1. The van der Waals surface area contributed by atoms with Crippen LogP contribution in [0.2, 0.25) is 0 Å². The van der Waals surface area contributed by atoms with Crippen LogP contribution < -0.4 is 5.32 Å². The number of rotatable bonds is 3. The molecule has 5 heteroatoms. The Morgan fingerprint density at radius 2 is 2.15 bits per heavy atom. The molecule has 5 nitrogen and oxygen atoms in total. The zero-order valence-electron chi connectivity index (χ0n) is 11.6. The van der Waals surface area contributed by atoms with Gasteiger partial charge in [-0.05, 0) is 24.5 Å². The molecule has 2 N–H and O–H groups in total. The zero-order chi connectivity index (χ0) is 14.5. The molecule has 1 aromatic carbocycles. The SMILES string of the molecule is CCCc1ccccc1NC(=O)C(=O)N1CC[C@@H](O)C1. The number of anilines is 1. The van der Waals surface area contributed by atoms with E-state index < -0.39 is 17.9 Å². The number of likely N-dealkylation sites (tertiary alicyclic amines) is 1. The van der Waals surface area contributed by atoms with Crippen molar-refractivity contribution in [3.63, 3.8) is 0 Å². The quantitative estimate of drug-likeness (QED) is 0.814. The highest BCUT2D eigenvalue weighted by Crippen LogP contribution is 2.17. The number of carbonyl (C=O) groups excluding carboxylic acids is 2. The van der Waals surface area contributed by atoms with Crippen molar-refractivity contribution >= 4 is 17.5 Å². The summed E-state index contributed by atoms with van der Waals surface area (Å²) in [5.74, 6) is -1.21. The van der Waals surface area contributed by atoms with E-state index in [1.807, 2.05) is 18.2 Å². The first-order valence-corrected chi connectivity index (χ1v) is 6.98. The standard InChI is InChI=1S/C15H20N2O3/c1-2-5-11-6-3-4-7-13(11)16-14(19)15(20)17-9-8-12(18)10-17/h3-4,6-7,12,18H,2,5,8-10H2,1H3,(H,16,19)/t12-/m1/s1. The van der Waals surface area contributed by atoms with E-state index in [0.717, 1.165) is 18.4 Å². The molecule has 2 amide bonds. The van der Waals surface area contributed by atoms with Crippen LogP contribution in [-0.4, -0.2) is 41.0 Å². The fraction of sp³-hybridized carbons (Fsp3) is 0.467. The average Bonchev–Trinajstić information content (AvgIpc) is 2.87. The highest BCUT2D eigenvalue weighted by Gasteiger charge is 2.29. The Labute approximate surface area is 118 Å². The van der Waals surface area contributed by atoms with Crippen LogP contribution in [0.3, 0.4) is 0 Å². The minimum atomic E-state index is -0.636. The number of amides is 2. The molecule has 1 aliphatic rings. The normalized spacial score (nSPS) is 18.1. The van der Waals surface area contributed by atoms with Gasteiger partial charge in [0.05, 0.1) is 6.10 Å². The molecule has 0 aromatic heterocycles. The number of aliphatic hydroxyl groups excluding tert-OH is 1. The maximum atomic E-state index is 12.0. The van der Waals surface area contributed by atoms with Crippen molar-refractivity contribution in [1.29, 1.82) is 0 Å². The molecule has 1 aliphatic heterocycles. The number of aliphatic hydroxyl groups is 1. The highest BCUT2D eigenvalue weighted by molar-refractivity contribution is 6.39. The number of carbonyl (C=O) groups is 2. The van der Waals surface area contributed by atoms with E-state index in [4.69, 9.17) is 0 Å². The van der Waals surface area contributed by atoms with Gasteiger partial charge in [-0.25, -0.2) is 0 Å². The van der Waals surface area contributed by atoms with E-state index in [1.165, 1.54) is 4.90 Å². The van der Waals surface area contributed by atoms with Crippen molar-refractivity contribution in [3.8, 4) is 0 Å². The number of hydrogen-bond donors (Lipinski definition) is 2. The van der Waals surface area contributed by atoms with Crippen LogP contribution in [0.15, 0.2) is 24.3 Å². The van der Waals surface area contributed by atoms with Crippen LogP contribution in [0.1, 0.15) is 25.3 Å². The summed E-state index contributed by atoms with van der Waals surface area (Å²) in [6.45, 7) is 2.74. The predicted molar refractivity (Wildman–Crippen MR) is 76.3 cm³/mol. The molecule has 0 spiro atoms. The topological polar surface area (TPSA) is 69.6 Å². The van der Waals surface area contributed by atoms with Crippen molar-refractivity contribution in [2.45, 2.75) is 32.3 Å². The fourth-order valence-electron chi connectivity index (χ4n) is 2.38. The third kappa shape index (κ3) is 3.36. The van der Waals surface area contributed by atoms with Gasteiger partial charge in [0.2, 0.25) is 0 Å². The molecule has 1 fully saturated rings. The van der Waals surface area contributed by atoms with Crippen LogP contribution in [-0.2, 0) is 16.0 Å². The van der Waals surface area contributed by atoms with Crippen LogP contribution in [0, 0.1) is 0 Å². The Bertz CT molecular complexity index is 502. The summed E-state index contributed by atoms with van der Waals surface area (Å²) in [5, 5.41) is 12.1. The molecular formula is C15H20N2O3. The monoisotopic (exact) mass is 276 g/mol. The smallest absolute Gasteiger partial charge is 0.313 e. The Balaban J connectivity index is 2.02. The summed E-state index contributed by atoms with van der Waals surface area (Å²) in [7, 11) is 0. The van der Waals surface area contributed by atoms with Gasteiger partial charge in [-0.1, -0.05) is 31.5 Å². The first kappa shape index (κ1) is 14.5. The molecule has 0 bridgehead atoms. The second-order valence-electron chi connectivity index (χ2n) is 5.05. The van der Waals surface area contributed by atoms with Crippen LogP contribution in [0.25, 0.3) is 0 Å². The minimum absolute atomic E-state index is 0.239. The number of benzene rings is 1. The van der Waals surface area contributed by atoms with Crippen molar-refractivity contribution in [3.05, 3.63) is 29.8 Å². The fourth-order valence-corrected chi connectivity index (χ4v) is 2.38. The van der Waals surface area contributed by atoms with Crippen LogP contribution in [0.5, 0.6) is 0 Å². The molecule has 108 valence electrons. The highest BCUT2D eigenvalue weighted by atomic mass is 16.3. The van der Waals surface area contributed by atoms with E-state index in [2.05, 4.69) is 12.2 Å². The van der Waals surface area contributed by atoms with Crippen molar-refractivity contribution in [2.24, 2.45) is 0 Å². The molecule has 2 rings (SSSR count). The lowest BCUT2D eigenvalue weighted by atomic mass is 10.1. The van der Waals surface area contributed by atoms with Gasteiger partial charge in [-0.3, -0.25) is 9.59 Å². The van der Waals surface area contributed by atoms with Gasteiger partial charge >= 0.3 is 11.8 Å². The van der Waals surface area contributed by atoms with Crippen molar-refractivity contribution < 1.29 is 14.7 Å². The van der Waals surface area contributed by atoms with Crippen molar-refractivity contribution in [1.82, 2.24) is 4.90 Å². The molecule has 0 saturated carbocycles. The van der Waals surface area contributed by atoms with E-state index in [0.29, 0.717) is 18.7 Å². The number of β-amino-alcohol motifs (C(OH)–C–C–N with tert-alkyl or cyclic N) is 1. The second-order valence-corrected chi connectivity index (χ2v) is 5.05. The third-order valence-corrected chi connectivity index (χ3v) is 3.43. The van der Waals surface area contributed by atoms with Gasteiger partial charge in [0.15, 0.2) is 0 Å². The van der Waals surface area contributed by atoms with E-state index in [1.54, 1.807) is 6.07 Å². The van der Waals surface area contributed by atoms with Gasteiger partial charge in [-0.2, -0.15) is 0 Å². The van der Waals surface area contributed by atoms with Crippen LogP contribution in [0.4, 0.5) is 5.69 Å². The molecule has 1 atom stereocenters. The summed E-state index contributed by atoms with van der Waals surface area (Å²) in [6, 6.07) is 7.50. The predicted octanol–water partition coefficient (Wildman–Crippen LogP) is 1.17. The minimum Gasteiger partial charge on any atom is -0.391 e. The Morgan fingerprint density at radius 3 is 2.80 bits per heavy atom. The number of hydrogen-bond acceptors (Lipinski definition) is 3. The van der Waals surface area contributed by atoms with Crippen molar-refractivity contribution in [2.75, 3.05) is 18.4 Å². The van der Waals surface area contributed by atoms with E-state index in [-0.39, 0.29) is 6.54 Å². The van der Waals surface area contributed by atoms with Gasteiger partial charge in [0, 0.05) is 18.8 Å². The maximum Gasteiger partial charge on any atom is 0.313 e. The van der Waals surface area contributed by atoms with E-state index in [9.17, 15) is 14.7 Å². The summed E-state index contributed by atoms with van der Waals surface area (Å²) in [5.41, 5.74) is 1.71.